The van der Waals surface area contributed by atoms with E-state index in [0.29, 0.717) is 0 Å². The van der Waals surface area contributed by atoms with Crippen LogP contribution in [0.25, 0.3) is 98.7 Å². The van der Waals surface area contributed by atoms with Crippen LogP contribution in [0.1, 0.15) is 25.0 Å². The zero-order valence-corrected chi connectivity index (χ0v) is 38.1. The van der Waals surface area contributed by atoms with Gasteiger partial charge in [-0.3, -0.25) is 0 Å². The summed E-state index contributed by atoms with van der Waals surface area (Å²) in [5.74, 6) is 0. The Morgan fingerprint density at radius 1 is 0.265 bits per heavy atom. The van der Waals surface area contributed by atoms with E-state index < -0.39 is 0 Å². The summed E-state index contributed by atoms with van der Waals surface area (Å²) in [5.41, 5.74) is 18.3. The first-order chi connectivity index (χ1) is 33.5. The van der Waals surface area contributed by atoms with Crippen LogP contribution < -0.4 is 4.90 Å². The molecule has 320 valence electrons. The van der Waals surface area contributed by atoms with Crippen LogP contribution in [0.5, 0.6) is 0 Å². The molecule has 0 atom stereocenters. The van der Waals surface area contributed by atoms with E-state index in [2.05, 4.69) is 267 Å². The van der Waals surface area contributed by atoms with Gasteiger partial charge < -0.3 is 4.90 Å². The summed E-state index contributed by atoms with van der Waals surface area (Å²) in [6.07, 6.45) is 0. The first-order valence-electron chi connectivity index (χ1n) is 23.7. The van der Waals surface area contributed by atoms with Gasteiger partial charge in [0.25, 0.3) is 0 Å². The average Bonchev–Trinajstić information content (AvgIpc) is 3.63. The molecule has 1 heteroatoms. The maximum Gasteiger partial charge on any atom is 0.0468 e. The standard InChI is InChI=1S/C67H47N/c1-67(2)63-29-17-16-28-57(63)58-37-34-54(43-64(58)67)68(52-32-30-44-18-12-13-25-48(44)38-52)53-33-36-56-55-35-31-51(60-40-50-27-15-14-26-49(50)39-59(60)45-19-6-3-7-20-45)41-61(55)65(46-21-8-4-9-22-46)66(62(56)42-53)47-23-10-5-11-24-47/h3-43H,1-2H3. The first kappa shape index (κ1) is 39.8. The number of benzene rings is 12. The van der Waals surface area contributed by atoms with Gasteiger partial charge in [0.05, 0.1) is 0 Å². The van der Waals surface area contributed by atoms with Gasteiger partial charge in [0.1, 0.15) is 0 Å². The minimum atomic E-state index is -0.141. The van der Waals surface area contributed by atoms with Crippen molar-refractivity contribution >= 4 is 60.2 Å². The van der Waals surface area contributed by atoms with Crippen molar-refractivity contribution in [1.29, 1.82) is 0 Å². The lowest BCUT2D eigenvalue weighted by atomic mass is 9.82. The molecule has 13 rings (SSSR count). The second-order valence-electron chi connectivity index (χ2n) is 18.9. The lowest BCUT2D eigenvalue weighted by Crippen LogP contribution is -2.16. The molecule has 0 bridgehead atoms. The summed E-state index contributed by atoms with van der Waals surface area (Å²) in [6.45, 7) is 4.74. The lowest BCUT2D eigenvalue weighted by molar-refractivity contribution is 0.660. The molecule has 0 spiro atoms. The monoisotopic (exact) mass is 865 g/mol. The molecule has 68 heavy (non-hydrogen) atoms. The molecule has 12 aromatic rings. The Labute approximate surface area is 397 Å². The van der Waals surface area contributed by atoms with Crippen molar-refractivity contribution in [3.63, 3.8) is 0 Å². The summed E-state index contributed by atoms with van der Waals surface area (Å²) in [7, 11) is 0. The minimum absolute atomic E-state index is 0.141. The minimum Gasteiger partial charge on any atom is -0.310 e. The SMILES string of the molecule is CC1(C)c2ccccc2-c2ccc(N(c3ccc4ccccc4c3)c3ccc4c(c3)c(-c3ccccc3)c(-c3ccccc3)c3cc(-c5cc6ccccc6cc5-c5ccccc5)ccc34)cc21. The Morgan fingerprint density at radius 3 is 1.38 bits per heavy atom. The molecule has 0 fully saturated rings. The highest BCUT2D eigenvalue weighted by molar-refractivity contribution is 6.23. The fourth-order valence-corrected chi connectivity index (χ4v) is 11.3. The third-order valence-corrected chi connectivity index (χ3v) is 14.6. The van der Waals surface area contributed by atoms with Crippen LogP contribution in [-0.2, 0) is 5.41 Å². The number of hydrogen-bond donors (Lipinski definition) is 0. The summed E-state index contributed by atoms with van der Waals surface area (Å²) in [4.78, 5) is 2.47. The molecule has 1 nitrogen and oxygen atoms in total. The second kappa shape index (κ2) is 15.8. The van der Waals surface area contributed by atoms with Crippen molar-refractivity contribution < 1.29 is 0 Å². The average molecular weight is 866 g/mol. The number of rotatable bonds is 7. The maximum absolute atomic E-state index is 2.47. The zero-order valence-electron chi connectivity index (χ0n) is 38.1. The number of fused-ring (bicyclic) bond motifs is 8. The van der Waals surface area contributed by atoms with Gasteiger partial charge in [0.15, 0.2) is 0 Å². The van der Waals surface area contributed by atoms with Crippen molar-refractivity contribution in [1.82, 2.24) is 0 Å². The molecule has 0 N–H and O–H groups in total. The molecule has 1 aliphatic rings. The molecule has 0 saturated carbocycles. The van der Waals surface area contributed by atoms with E-state index in [0.717, 1.165) is 17.1 Å². The normalized spacial score (nSPS) is 12.7. The van der Waals surface area contributed by atoms with Gasteiger partial charge in [-0.05, 0) is 164 Å². The highest BCUT2D eigenvalue weighted by Crippen LogP contribution is 2.52. The van der Waals surface area contributed by atoms with Gasteiger partial charge in [-0.1, -0.05) is 208 Å². The van der Waals surface area contributed by atoms with Gasteiger partial charge in [-0.25, -0.2) is 0 Å². The molecule has 0 amide bonds. The first-order valence-corrected chi connectivity index (χ1v) is 23.7. The van der Waals surface area contributed by atoms with Gasteiger partial charge in [-0.15, -0.1) is 0 Å². The van der Waals surface area contributed by atoms with E-state index in [9.17, 15) is 0 Å². The van der Waals surface area contributed by atoms with E-state index in [1.165, 1.54) is 110 Å². The molecular formula is C67H47N. The quantitative estimate of drug-likeness (QED) is 0.144. The highest BCUT2D eigenvalue weighted by Gasteiger charge is 2.36. The fourth-order valence-electron chi connectivity index (χ4n) is 11.3. The Hall–Kier alpha value is -8.52. The van der Waals surface area contributed by atoms with E-state index in [4.69, 9.17) is 0 Å². The molecule has 0 heterocycles. The summed E-state index contributed by atoms with van der Waals surface area (Å²) < 4.78 is 0. The smallest absolute Gasteiger partial charge is 0.0468 e. The molecule has 12 aromatic carbocycles. The Bertz CT molecular complexity index is 3920. The predicted molar refractivity (Wildman–Crippen MR) is 290 cm³/mol. The molecule has 0 unspecified atom stereocenters. The second-order valence-corrected chi connectivity index (χ2v) is 18.9. The molecule has 0 saturated heterocycles. The van der Waals surface area contributed by atoms with E-state index in [1.54, 1.807) is 0 Å². The number of hydrogen-bond acceptors (Lipinski definition) is 1. The van der Waals surface area contributed by atoms with E-state index in [-0.39, 0.29) is 5.41 Å². The number of nitrogens with zero attached hydrogens (tertiary/aromatic N) is 1. The van der Waals surface area contributed by atoms with E-state index >= 15 is 0 Å². The molecular weight excluding hydrogens is 819 g/mol. The third kappa shape index (κ3) is 6.46. The highest BCUT2D eigenvalue weighted by atomic mass is 15.1. The van der Waals surface area contributed by atoms with Gasteiger partial charge >= 0.3 is 0 Å². The summed E-state index contributed by atoms with van der Waals surface area (Å²) in [5, 5.41) is 9.79. The summed E-state index contributed by atoms with van der Waals surface area (Å²) >= 11 is 0. The van der Waals surface area contributed by atoms with Crippen LogP contribution in [0.4, 0.5) is 17.1 Å². The van der Waals surface area contributed by atoms with Gasteiger partial charge in [-0.2, -0.15) is 0 Å². The fraction of sp³-hybridized carbons (Fsp3) is 0.0448. The van der Waals surface area contributed by atoms with Crippen LogP contribution in [-0.4, -0.2) is 0 Å². The predicted octanol–water partition coefficient (Wildman–Crippen LogP) is 18.7. The van der Waals surface area contributed by atoms with Crippen molar-refractivity contribution in [2.24, 2.45) is 0 Å². The van der Waals surface area contributed by atoms with Gasteiger partial charge in [0.2, 0.25) is 0 Å². The Kier molecular flexibility index (Phi) is 9.27. The van der Waals surface area contributed by atoms with E-state index in [1.807, 2.05) is 0 Å². The molecule has 0 aromatic heterocycles. The summed E-state index contributed by atoms with van der Waals surface area (Å²) in [6, 6.07) is 92.3. The van der Waals surface area contributed by atoms with Crippen LogP contribution in [0.2, 0.25) is 0 Å². The van der Waals surface area contributed by atoms with Crippen LogP contribution in [0.3, 0.4) is 0 Å². The molecule has 0 aliphatic heterocycles. The molecule has 1 aliphatic carbocycles. The lowest BCUT2D eigenvalue weighted by Gasteiger charge is -2.29. The van der Waals surface area contributed by atoms with Crippen LogP contribution in [0.15, 0.2) is 249 Å². The topological polar surface area (TPSA) is 3.24 Å². The number of anilines is 3. The van der Waals surface area contributed by atoms with Crippen molar-refractivity contribution in [2.45, 2.75) is 19.3 Å². The van der Waals surface area contributed by atoms with Crippen LogP contribution in [0, 0.1) is 0 Å². The third-order valence-electron chi connectivity index (χ3n) is 14.6. The largest absolute Gasteiger partial charge is 0.310 e. The van der Waals surface area contributed by atoms with Gasteiger partial charge in [0, 0.05) is 22.5 Å². The Balaban J connectivity index is 1.09. The maximum atomic E-state index is 2.47. The van der Waals surface area contributed by atoms with Crippen molar-refractivity contribution in [3.8, 4) is 55.6 Å². The Morgan fingerprint density at radius 2 is 0.721 bits per heavy atom. The van der Waals surface area contributed by atoms with Crippen molar-refractivity contribution in [3.05, 3.63) is 260 Å². The molecule has 0 radical (unpaired) electrons. The zero-order chi connectivity index (χ0) is 45.3. The van der Waals surface area contributed by atoms with Crippen LogP contribution >= 0.6 is 0 Å². The van der Waals surface area contributed by atoms with Crippen molar-refractivity contribution in [2.75, 3.05) is 4.90 Å².